The van der Waals surface area contributed by atoms with E-state index in [0.717, 1.165) is 6.42 Å². The van der Waals surface area contributed by atoms with Crippen LogP contribution in [0.15, 0.2) is 35.9 Å². The van der Waals surface area contributed by atoms with Gasteiger partial charge in [0, 0.05) is 6.54 Å². The summed E-state index contributed by atoms with van der Waals surface area (Å²) in [7, 11) is 0. The highest BCUT2D eigenvalue weighted by Gasteiger charge is 1.93. The fraction of sp³-hybridized carbons (Fsp3) is 0.167. The Labute approximate surface area is 77.9 Å². The van der Waals surface area contributed by atoms with Crippen molar-refractivity contribution < 1.29 is 0 Å². The van der Waals surface area contributed by atoms with Gasteiger partial charge in [-0.1, -0.05) is 42.5 Å². The van der Waals surface area contributed by atoms with Gasteiger partial charge in [0.25, 0.3) is 0 Å². The molecule has 0 bridgehead atoms. The molecule has 2 N–H and O–H groups in total. The average Bonchev–Trinajstić information content (AvgIpc) is 2.38. The quantitative estimate of drug-likeness (QED) is 0.655. The van der Waals surface area contributed by atoms with Crippen LogP contribution in [0.25, 0.3) is 12.2 Å². The molecule has 0 aromatic heterocycles. The molecule has 2 rings (SSSR count). The predicted octanol–water partition coefficient (Wildman–Crippen LogP) is 0.536. The van der Waals surface area contributed by atoms with Gasteiger partial charge >= 0.3 is 0 Å². The molecule has 1 nitrogen and oxygen atoms in total. The maximum Gasteiger partial charge on any atom is 0.0175 e. The van der Waals surface area contributed by atoms with E-state index in [1.165, 1.54) is 16.0 Å². The molecule has 0 saturated carbocycles. The topological polar surface area (TPSA) is 26.0 Å². The first-order chi connectivity index (χ1) is 6.40. The number of nitrogens with two attached hydrogens (primary N) is 1. The van der Waals surface area contributed by atoms with E-state index in [1.807, 2.05) is 0 Å². The lowest BCUT2D eigenvalue weighted by molar-refractivity contribution is 1.19. The maximum atomic E-state index is 5.62. The maximum absolute atomic E-state index is 5.62. The van der Waals surface area contributed by atoms with Crippen molar-refractivity contribution in [3.05, 3.63) is 46.4 Å². The van der Waals surface area contributed by atoms with Crippen molar-refractivity contribution in [1.82, 2.24) is 0 Å². The van der Waals surface area contributed by atoms with Gasteiger partial charge in [0.05, 0.1) is 0 Å². The van der Waals surface area contributed by atoms with E-state index in [4.69, 9.17) is 5.73 Å². The van der Waals surface area contributed by atoms with Crippen molar-refractivity contribution in [3.63, 3.8) is 0 Å². The third-order valence-corrected chi connectivity index (χ3v) is 2.29. The molecule has 0 atom stereocenters. The molecule has 1 aliphatic carbocycles. The number of hydrogen-bond donors (Lipinski definition) is 1. The van der Waals surface area contributed by atoms with Crippen LogP contribution in [-0.4, -0.2) is 6.54 Å². The Morgan fingerprint density at radius 3 is 2.62 bits per heavy atom. The summed E-state index contributed by atoms with van der Waals surface area (Å²) in [5, 5.41) is 2.58. The van der Waals surface area contributed by atoms with Gasteiger partial charge in [-0.3, -0.25) is 0 Å². The van der Waals surface area contributed by atoms with E-state index in [0.29, 0.717) is 6.54 Å². The van der Waals surface area contributed by atoms with Crippen molar-refractivity contribution in [2.24, 2.45) is 5.73 Å². The van der Waals surface area contributed by atoms with Crippen molar-refractivity contribution in [1.29, 1.82) is 0 Å². The Hall–Kier alpha value is -1.34. The predicted molar refractivity (Wildman–Crippen MR) is 56.4 cm³/mol. The Morgan fingerprint density at radius 2 is 1.85 bits per heavy atom. The Balaban J connectivity index is 2.64. The second kappa shape index (κ2) is 3.58. The van der Waals surface area contributed by atoms with Gasteiger partial charge < -0.3 is 5.73 Å². The molecule has 1 aliphatic rings. The van der Waals surface area contributed by atoms with Crippen LogP contribution in [0.4, 0.5) is 0 Å². The van der Waals surface area contributed by atoms with E-state index in [-0.39, 0.29) is 0 Å². The van der Waals surface area contributed by atoms with E-state index in [2.05, 4.69) is 42.5 Å². The third-order valence-electron chi connectivity index (χ3n) is 2.29. The molecule has 0 aliphatic heterocycles. The standard InChI is InChI=1S/C12H13N/c13-9-10-4-3-7-11-5-1-2-6-12(11)8-10/h1-2,4-8H,3,9,13H2. The number of hydrogen-bond acceptors (Lipinski definition) is 1. The normalized spacial score (nSPS) is 14.7. The molecule has 0 fully saturated rings. The first-order valence-corrected chi connectivity index (χ1v) is 4.56. The highest BCUT2D eigenvalue weighted by Crippen LogP contribution is 1.98. The van der Waals surface area contributed by atoms with Gasteiger partial charge in [-0.25, -0.2) is 0 Å². The number of benzene rings is 1. The van der Waals surface area contributed by atoms with E-state index < -0.39 is 0 Å². The summed E-state index contributed by atoms with van der Waals surface area (Å²) in [4.78, 5) is 0. The summed E-state index contributed by atoms with van der Waals surface area (Å²) >= 11 is 0. The second-order valence-corrected chi connectivity index (χ2v) is 3.20. The third kappa shape index (κ3) is 1.70. The minimum atomic E-state index is 0.627. The van der Waals surface area contributed by atoms with Crippen LogP contribution in [0, 0.1) is 0 Å². The molecule has 0 spiro atoms. The molecule has 0 amide bonds. The van der Waals surface area contributed by atoms with Crippen molar-refractivity contribution in [2.45, 2.75) is 6.42 Å². The van der Waals surface area contributed by atoms with Crippen LogP contribution in [0.3, 0.4) is 0 Å². The van der Waals surface area contributed by atoms with Crippen LogP contribution >= 0.6 is 0 Å². The molecule has 0 radical (unpaired) electrons. The molecule has 0 unspecified atom stereocenters. The second-order valence-electron chi connectivity index (χ2n) is 3.20. The van der Waals surface area contributed by atoms with Gasteiger partial charge in [-0.2, -0.15) is 0 Å². The van der Waals surface area contributed by atoms with Crippen LogP contribution in [0.1, 0.15) is 6.42 Å². The van der Waals surface area contributed by atoms with Crippen LogP contribution < -0.4 is 16.2 Å². The molecule has 66 valence electrons. The average molecular weight is 171 g/mol. The summed E-state index contributed by atoms with van der Waals surface area (Å²) < 4.78 is 0. The zero-order valence-electron chi connectivity index (χ0n) is 7.53. The van der Waals surface area contributed by atoms with Gasteiger partial charge in [0.2, 0.25) is 0 Å². The first-order valence-electron chi connectivity index (χ1n) is 4.56. The SMILES string of the molecule is NCC1=CCC=c2ccccc2=C1. The number of allylic oxidation sites excluding steroid dienone is 1. The molecule has 13 heavy (non-hydrogen) atoms. The van der Waals surface area contributed by atoms with Gasteiger partial charge in [0.1, 0.15) is 0 Å². The number of fused-ring (bicyclic) bond motifs is 1. The van der Waals surface area contributed by atoms with Crippen LogP contribution in [0.2, 0.25) is 0 Å². The van der Waals surface area contributed by atoms with Gasteiger partial charge in [-0.05, 0) is 22.4 Å². The Kier molecular flexibility index (Phi) is 2.28. The molecular weight excluding hydrogens is 158 g/mol. The van der Waals surface area contributed by atoms with Crippen molar-refractivity contribution in [3.8, 4) is 0 Å². The lowest BCUT2D eigenvalue weighted by Gasteiger charge is -1.93. The largest absolute Gasteiger partial charge is 0.327 e. The monoisotopic (exact) mass is 171 g/mol. The molecule has 1 aromatic carbocycles. The fourth-order valence-corrected chi connectivity index (χ4v) is 1.57. The Bertz CT molecular complexity index is 440. The minimum absolute atomic E-state index is 0.627. The van der Waals surface area contributed by atoms with E-state index in [9.17, 15) is 0 Å². The fourth-order valence-electron chi connectivity index (χ4n) is 1.57. The van der Waals surface area contributed by atoms with Crippen molar-refractivity contribution in [2.75, 3.05) is 6.54 Å². The number of rotatable bonds is 1. The zero-order chi connectivity index (χ0) is 9.10. The van der Waals surface area contributed by atoms with E-state index in [1.54, 1.807) is 0 Å². The summed E-state index contributed by atoms with van der Waals surface area (Å²) in [5.74, 6) is 0. The Morgan fingerprint density at radius 1 is 1.08 bits per heavy atom. The summed E-state index contributed by atoms with van der Waals surface area (Å²) in [6.07, 6.45) is 7.56. The van der Waals surface area contributed by atoms with Crippen molar-refractivity contribution >= 4 is 12.2 Å². The highest BCUT2D eigenvalue weighted by molar-refractivity contribution is 5.51. The molecule has 0 saturated heterocycles. The lowest BCUT2D eigenvalue weighted by Crippen LogP contribution is -2.23. The first kappa shape index (κ1) is 8.27. The van der Waals surface area contributed by atoms with Gasteiger partial charge in [0.15, 0.2) is 0 Å². The highest BCUT2D eigenvalue weighted by atomic mass is 14.5. The molecule has 1 aromatic rings. The lowest BCUT2D eigenvalue weighted by atomic mass is 10.2. The molecular formula is C12H13N. The zero-order valence-corrected chi connectivity index (χ0v) is 7.53. The summed E-state index contributed by atoms with van der Waals surface area (Å²) in [6, 6.07) is 8.39. The minimum Gasteiger partial charge on any atom is -0.327 e. The van der Waals surface area contributed by atoms with Crippen LogP contribution in [0.5, 0.6) is 0 Å². The molecule has 1 heteroatoms. The summed E-state index contributed by atoms with van der Waals surface area (Å²) in [6.45, 7) is 0.627. The van der Waals surface area contributed by atoms with Crippen LogP contribution in [-0.2, 0) is 0 Å². The smallest absolute Gasteiger partial charge is 0.0175 e. The van der Waals surface area contributed by atoms with E-state index >= 15 is 0 Å². The van der Waals surface area contributed by atoms with Gasteiger partial charge in [-0.15, -0.1) is 0 Å². The molecule has 0 heterocycles. The summed E-state index contributed by atoms with van der Waals surface area (Å²) in [5.41, 5.74) is 6.84.